The van der Waals surface area contributed by atoms with Crippen LogP contribution in [0, 0.1) is 6.92 Å². The third kappa shape index (κ3) is 5.15. The van der Waals surface area contributed by atoms with Crippen LogP contribution < -0.4 is 5.32 Å². The Kier molecular flexibility index (Phi) is 6.80. The molecule has 0 spiro atoms. The van der Waals surface area contributed by atoms with E-state index in [1.807, 2.05) is 19.1 Å². The quantitative estimate of drug-likeness (QED) is 0.822. The number of benzene rings is 1. The SMILES string of the molecule is CCc1nc(C)c(CNC(=O)c2ccc(CN3CCCCCC3)cc2)s1. The van der Waals surface area contributed by atoms with Crippen molar-refractivity contribution >= 4 is 17.2 Å². The summed E-state index contributed by atoms with van der Waals surface area (Å²) in [6, 6.07) is 8.07. The lowest BCUT2D eigenvalue weighted by Crippen LogP contribution is -2.24. The number of rotatable bonds is 6. The van der Waals surface area contributed by atoms with Gasteiger partial charge in [0.2, 0.25) is 0 Å². The fourth-order valence-corrected chi connectivity index (χ4v) is 4.33. The van der Waals surface area contributed by atoms with E-state index < -0.39 is 0 Å². The smallest absolute Gasteiger partial charge is 0.251 e. The largest absolute Gasteiger partial charge is 0.347 e. The van der Waals surface area contributed by atoms with Crippen LogP contribution in [-0.2, 0) is 19.5 Å². The topological polar surface area (TPSA) is 45.2 Å². The molecule has 3 rings (SSSR count). The first-order valence-electron chi connectivity index (χ1n) is 9.70. The normalized spacial score (nSPS) is 15.6. The minimum atomic E-state index is -0.0165. The molecular formula is C21H29N3OS. The molecule has 5 heteroatoms. The van der Waals surface area contributed by atoms with Gasteiger partial charge in [0.25, 0.3) is 5.91 Å². The molecule has 2 heterocycles. The van der Waals surface area contributed by atoms with Crippen molar-refractivity contribution < 1.29 is 4.79 Å². The molecule has 1 fully saturated rings. The van der Waals surface area contributed by atoms with Crippen LogP contribution in [0.25, 0.3) is 0 Å². The second-order valence-corrected chi connectivity index (χ2v) is 8.21. The summed E-state index contributed by atoms with van der Waals surface area (Å²) in [4.78, 5) is 20.6. The molecule has 0 unspecified atom stereocenters. The van der Waals surface area contributed by atoms with Crippen LogP contribution in [-0.4, -0.2) is 28.9 Å². The highest BCUT2D eigenvalue weighted by molar-refractivity contribution is 7.11. The van der Waals surface area contributed by atoms with Gasteiger partial charge >= 0.3 is 0 Å². The molecule has 1 aliphatic rings. The molecule has 26 heavy (non-hydrogen) atoms. The van der Waals surface area contributed by atoms with E-state index >= 15 is 0 Å². The van der Waals surface area contributed by atoms with Gasteiger partial charge in [0, 0.05) is 17.0 Å². The summed E-state index contributed by atoms with van der Waals surface area (Å²) in [6.07, 6.45) is 6.26. The molecule has 1 amide bonds. The second-order valence-electron chi connectivity index (χ2n) is 7.04. The molecule has 0 saturated carbocycles. The molecule has 1 saturated heterocycles. The predicted octanol–water partition coefficient (Wildman–Crippen LogP) is 4.32. The summed E-state index contributed by atoms with van der Waals surface area (Å²) in [5, 5.41) is 4.15. The highest BCUT2D eigenvalue weighted by Gasteiger charge is 2.12. The number of nitrogens with one attached hydrogen (secondary N) is 1. The minimum absolute atomic E-state index is 0.0165. The summed E-state index contributed by atoms with van der Waals surface area (Å²) in [7, 11) is 0. The molecule has 0 radical (unpaired) electrons. The number of aryl methyl sites for hydroxylation is 2. The number of nitrogens with zero attached hydrogens (tertiary/aromatic N) is 2. The number of amides is 1. The first kappa shape index (κ1) is 19.1. The molecule has 0 atom stereocenters. The maximum absolute atomic E-state index is 12.4. The zero-order chi connectivity index (χ0) is 18.4. The number of carbonyl (C=O) groups excluding carboxylic acids is 1. The molecule has 1 aliphatic heterocycles. The van der Waals surface area contributed by atoms with Gasteiger partial charge in [-0.2, -0.15) is 0 Å². The van der Waals surface area contributed by atoms with Crippen molar-refractivity contribution in [3.8, 4) is 0 Å². The summed E-state index contributed by atoms with van der Waals surface area (Å²) in [5.74, 6) is -0.0165. The van der Waals surface area contributed by atoms with E-state index in [9.17, 15) is 4.79 Å². The third-order valence-electron chi connectivity index (χ3n) is 4.97. The molecule has 0 aliphatic carbocycles. The van der Waals surface area contributed by atoms with Crippen LogP contribution in [0.15, 0.2) is 24.3 Å². The van der Waals surface area contributed by atoms with E-state index in [0.717, 1.165) is 34.1 Å². The first-order chi connectivity index (χ1) is 12.7. The van der Waals surface area contributed by atoms with Crippen LogP contribution in [0.3, 0.4) is 0 Å². The minimum Gasteiger partial charge on any atom is -0.347 e. The Hall–Kier alpha value is -1.72. The van der Waals surface area contributed by atoms with Crippen molar-refractivity contribution in [1.29, 1.82) is 0 Å². The van der Waals surface area contributed by atoms with Gasteiger partial charge in [-0.1, -0.05) is 31.9 Å². The van der Waals surface area contributed by atoms with Crippen molar-refractivity contribution in [2.75, 3.05) is 13.1 Å². The molecule has 1 aromatic heterocycles. The van der Waals surface area contributed by atoms with E-state index in [-0.39, 0.29) is 5.91 Å². The Bertz CT molecular complexity index is 715. The Morgan fingerprint density at radius 1 is 1.15 bits per heavy atom. The lowest BCUT2D eigenvalue weighted by atomic mass is 10.1. The van der Waals surface area contributed by atoms with E-state index in [1.54, 1.807) is 11.3 Å². The Labute approximate surface area is 160 Å². The Balaban J connectivity index is 1.53. The lowest BCUT2D eigenvalue weighted by Gasteiger charge is -2.19. The molecule has 0 bridgehead atoms. The number of hydrogen-bond donors (Lipinski definition) is 1. The summed E-state index contributed by atoms with van der Waals surface area (Å²) < 4.78 is 0. The number of likely N-dealkylation sites (tertiary alicyclic amines) is 1. The fraction of sp³-hybridized carbons (Fsp3) is 0.524. The van der Waals surface area contributed by atoms with Gasteiger partial charge < -0.3 is 5.32 Å². The predicted molar refractivity (Wildman–Crippen MR) is 108 cm³/mol. The number of aromatic nitrogens is 1. The molecule has 1 N–H and O–H groups in total. The molecule has 4 nitrogen and oxygen atoms in total. The fourth-order valence-electron chi connectivity index (χ4n) is 3.38. The van der Waals surface area contributed by atoms with Gasteiger partial charge in [-0.05, 0) is 57.0 Å². The maximum atomic E-state index is 12.4. The van der Waals surface area contributed by atoms with Gasteiger partial charge in [-0.15, -0.1) is 11.3 Å². The maximum Gasteiger partial charge on any atom is 0.251 e. The zero-order valence-electron chi connectivity index (χ0n) is 15.9. The lowest BCUT2D eigenvalue weighted by molar-refractivity contribution is 0.0951. The average molecular weight is 372 g/mol. The molecule has 140 valence electrons. The molecule has 1 aromatic carbocycles. The zero-order valence-corrected chi connectivity index (χ0v) is 16.7. The van der Waals surface area contributed by atoms with Crippen molar-refractivity contribution in [1.82, 2.24) is 15.2 Å². The Morgan fingerprint density at radius 2 is 1.85 bits per heavy atom. The van der Waals surface area contributed by atoms with Crippen molar-refractivity contribution in [2.24, 2.45) is 0 Å². The van der Waals surface area contributed by atoms with Crippen LogP contribution >= 0.6 is 11.3 Å². The second kappa shape index (κ2) is 9.28. The van der Waals surface area contributed by atoms with Crippen LogP contribution in [0.4, 0.5) is 0 Å². The summed E-state index contributed by atoms with van der Waals surface area (Å²) in [6.45, 7) is 8.04. The van der Waals surface area contributed by atoms with Gasteiger partial charge in [0.05, 0.1) is 17.2 Å². The summed E-state index contributed by atoms with van der Waals surface area (Å²) >= 11 is 1.69. The van der Waals surface area contributed by atoms with Crippen molar-refractivity contribution in [3.63, 3.8) is 0 Å². The molecular weight excluding hydrogens is 342 g/mol. The van der Waals surface area contributed by atoms with Gasteiger partial charge in [0.1, 0.15) is 0 Å². The number of carbonyl (C=O) groups is 1. The number of hydrogen-bond acceptors (Lipinski definition) is 4. The molecule has 2 aromatic rings. The van der Waals surface area contributed by atoms with E-state index in [4.69, 9.17) is 0 Å². The highest BCUT2D eigenvalue weighted by atomic mass is 32.1. The van der Waals surface area contributed by atoms with Crippen LogP contribution in [0.2, 0.25) is 0 Å². The van der Waals surface area contributed by atoms with Crippen molar-refractivity contribution in [3.05, 3.63) is 51.0 Å². The van der Waals surface area contributed by atoms with Gasteiger partial charge in [0.15, 0.2) is 0 Å². The average Bonchev–Trinajstić information content (AvgIpc) is 2.84. The van der Waals surface area contributed by atoms with Crippen LogP contribution in [0.1, 0.15) is 64.1 Å². The highest BCUT2D eigenvalue weighted by Crippen LogP contribution is 2.18. The Morgan fingerprint density at radius 3 is 2.46 bits per heavy atom. The third-order valence-corrected chi connectivity index (χ3v) is 6.27. The number of thiazole rings is 1. The van der Waals surface area contributed by atoms with Gasteiger partial charge in [-0.25, -0.2) is 4.98 Å². The standard InChI is InChI=1S/C21H29N3OS/c1-3-20-23-16(2)19(26-20)14-22-21(25)18-10-8-17(9-11-18)15-24-12-6-4-5-7-13-24/h8-11H,3-7,12-15H2,1-2H3,(H,22,25). The van der Waals surface area contributed by atoms with E-state index in [0.29, 0.717) is 6.54 Å². The first-order valence-corrected chi connectivity index (χ1v) is 10.5. The summed E-state index contributed by atoms with van der Waals surface area (Å²) in [5.41, 5.74) is 3.04. The van der Waals surface area contributed by atoms with Crippen molar-refractivity contribution in [2.45, 2.75) is 59.0 Å². The van der Waals surface area contributed by atoms with E-state index in [2.05, 4.69) is 34.3 Å². The van der Waals surface area contributed by atoms with Crippen LogP contribution in [0.5, 0.6) is 0 Å². The van der Waals surface area contributed by atoms with Gasteiger partial charge in [-0.3, -0.25) is 9.69 Å². The monoisotopic (exact) mass is 371 g/mol. The van der Waals surface area contributed by atoms with E-state index in [1.165, 1.54) is 44.3 Å².